The van der Waals surface area contributed by atoms with Crippen LogP contribution in [-0.2, 0) is 6.18 Å². The molecule has 72 valence electrons. The van der Waals surface area contributed by atoms with Crippen LogP contribution in [0, 0.1) is 11.6 Å². The van der Waals surface area contributed by atoms with Crippen LogP contribution in [0.25, 0.3) is 0 Å². The molecule has 1 aromatic rings. The fourth-order valence-electron chi connectivity index (χ4n) is 0.729. The third-order valence-corrected chi connectivity index (χ3v) is 1.77. The highest BCUT2D eigenvalue weighted by molar-refractivity contribution is 7.80. The normalized spacial score (nSPS) is 11.8. The predicted octanol–water partition coefficient (Wildman–Crippen LogP) is 3.27. The first-order chi connectivity index (χ1) is 5.82. The SMILES string of the molecule is Fc1cc(C(F)(F)F)cc(F)c1S. The molecule has 0 bridgehead atoms. The maximum Gasteiger partial charge on any atom is 0.416 e. The van der Waals surface area contributed by atoms with Crippen molar-refractivity contribution in [2.45, 2.75) is 11.1 Å². The Bertz CT molecular complexity index is 307. The van der Waals surface area contributed by atoms with Gasteiger partial charge in [0, 0.05) is 0 Å². The molecule has 0 saturated carbocycles. The van der Waals surface area contributed by atoms with Gasteiger partial charge in [0.25, 0.3) is 0 Å². The molecule has 0 aliphatic heterocycles. The van der Waals surface area contributed by atoms with Crippen molar-refractivity contribution in [3.05, 3.63) is 29.3 Å². The lowest BCUT2D eigenvalue weighted by atomic mass is 10.2. The van der Waals surface area contributed by atoms with Gasteiger partial charge in [-0.2, -0.15) is 13.2 Å². The van der Waals surface area contributed by atoms with Crippen molar-refractivity contribution in [3.63, 3.8) is 0 Å². The van der Waals surface area contributed by atoms with E-state index in [0.29, 0.717) is 0 Å². The molecule has 0 aromatic heterocycles. The summed E-state index contributed by atoms with van der Waals surface area (Å²) in [5.41, 5.74) is -1.36. The fraction of sp³-hybridized carbons (Fsp3) is 0.143. The summed E-state index contributed by atoms with van der Waals surface area (Å²) < 4.78 is 60.9. The lowest BCUT2D eigenvalue weighted by Crippen LogP contribution is -2.06. The van der Waals surface area contributed by atoms with Crippen LogP contribution in [0.3, 0.4) is 0 Å². The Kier molecular flexibility index (Phi) is 2.51. The van der Waals surface area contributed by atoms with E-state index in [9.17, 15) is 22.0 Å². The Morgan fingerprint density at radius 1 is 1.00 bits per heavy atom. The summed E-state index contributed by atoms with van der Waals surface area (Å²) in [6, 6.07) is 0.400. The minimum Gasteiger partial charge on any atom is -0.206 e. The number of alkyl halides is 3. The monoisotopic (exact) mass is 214 g/mol. The number of benzene rings is 1. The van der Waals surface area contributed by atoms with E-state index in [1.807, 2.05) is 0 Å². The fourth-order valence-corrected chi connectivity index (χ4v) is 0.858. The van der Waals surface area contributed by atoms with E-state index < -0.39 is 28.3 Å². The summed E-state index contributed by atoms with van der Waals surface area (Å²) in [6.45, 7) is 0. The molecule has 0 N–H and O–H groups in total. The smallest absolute Gasteiger partial charge is 0.206 e. The Labute approximate surface area is 75.8 Å². The van der Waals surface area contributed by atoms with Crippen LogP contribution in [0.5, 0.6) is 0 Å². The number of hydrogen-bond donors (Lipinski definition) is 1. The van der Waals surface area contributed by atoms with Gasteiger partial charge < -0.3 is 0 Å². The zero-order valence-electron chi connectivity index (χ0n) is 5.99. The minimum atomic E-state index is -4.75. The second kappa shape index (κ2) is 3.17. The van der Waals surface area contributed by atoms with E-state index in [2.05, 4.69) is 12.6 Å². The molecular formula is C7H3F5S. The summed E-state index contributed by atoms with van der Waals surface area (Å²) in [4.78, 5) is -0.715. The zero-order valence-corrected chi connectivity index (χ0v) is 6.89. The Hall–Kier alpha value is -0.780. The van der Waals surface area contributed by atoms with Gasteiger partial charge >= 0.3 is 6.18 Å². The first-order valence-corrected chi connectivity index (χ1v) is 3.52. The second-order valence-electron chi connectivity index (χ2n) is 2.29. The molecule has 0 saturated heterocycles. The van der Waals surface area contributed by atoms with Crippen molar-refractivity contribution in [2.75, 3.05) is 0 Å². The Morgan fingerprint density at radius 2 is 1.38 bits per heavy atom. The molecule has 0 fully saturated rings. The van der Waals surface area contributed by atoms with Crippen LogP contribution in [0.2, 0.25) is 0 Å². The molecule has 1 rings (SSSR count). The molecule has 0 amide bonds. The van der Waals surface area contributed by atoms with Gasteiger partial charge in [0.15, 0.2) is 0 Å². The molecule has 0 spiro atoms. The molecule has 0 unspecified atom stereocenters. The van der Waals surface area contributed by atoms with E-state index in [0.717, 1.165) is 0 Å². The molecule has 1 aromatic carbocycles. The molecule has 0 atom stereocenters. The number of hydrogen-bond acceptors (Lipinski definition) is 1. The van der Waals surface area contributed by atoms with Gasteiger partial charge in [-0.3, -0.25) is 0 Å². The van der Waals surface area contributed by atoms with E-state index in [-0.39, 0.29) is 12.1 Å². The number of thiol groups is 1. The summed E-state index contributed by atoms with van der Waals surface area (Å²) in [5.74, 6) is -2.65. The maximum absolute atomic E-state index is 12.6. The predicted molar refractivity (Wildman–Crippen MR) is 38.6 cm³/mol. The highest BCUT2D eigenvalue weighted by Gasteiger charge is 2.32. The van der Waals surface area contributed by atoms with Gasteiger partial charge in [-0.1, -0.05) is 0 Å². The van der Waals surface area contributed by atoms with Gasteiger partial charge in [0.05, 0.1) is 10.5 Å². The third kappa shape index (κ3) is 2.12. The van der Waals surface area contributed by atoms with Crippen molar-refractivity contribution in [3.8, 4) is 0 Å². The van der Waals surface area contributed by atoms with E-state index in [1.54, 1.807) is 0 Å². The van der Waals surface area contributed by atoms with Gasteiger partial charge in [-0.15, -0.1) is 12.6 Å². The average molecular weight is 214 g/mol. The lowest BCUT2D eigenvalue weighted by molar-refractivity contribution is -0.138. The second-order valence-corrected chi connectivity index (χ2v) is 2.73. The van der Waals surface area contributed by atoms with Crippen molar-refractivity contribution in [1.29, 1.82) is 0 Å². The quantitative estimate of drug-likeness (QED) is 0.497. The van der Waals surface area contributed by atoms with Crippen LogP contribution in [0.15, 0.2) is 17.0 Å². The summed E-state index contributed by atoms with van der Waals surface area (Å²) in [6.07, 6.45) is -4.75. The van der Waals surface area contributed by atoms with Crippen LogP contribution in [0.1, 0.15) is 5.56 Å². The molecular weight excluding hydrogens is 211 g/mol. The van der Waals surface area contributed by atoms with Gasteiger partial charge in [-0.05, 0) is 12.1 Å². The Morgan fingerprint density at radius 3 is 1.69 bits per heavy atom. The van der Waals surface area contributed by atoms with Crippen molar-refractivity contribution in [2.24, 2.45) is 0 Å². The standard InChI is InChI=1S/C7H3F5S/c8-4-1-3(7(10,11)12)2-5(9)6(4)13/h1-2,13H. The van der Waals surface area contributed by atoms with Gasteiger partial charge in [-0.25, -0.2) is 8.78 Å². The molecule has 0 nitrogen and oxygen atoms in total. The average Bonchev–Trinajstić information content (AvgIpc) is 1.97. The molecule has 13 heavy (non-hydrogen) atoms. The molecule has 0 aliphatic rings. The minimum absolute atomic E-state index is 0.200. The van der Waals surface area contributed by atoms with Gasteiger partial charge in [0.2, 0.25) is 0 Å². The van der Waals surface area contributed by atoms with E-state index in [1.165, 1.54) is 0 Å². The van der Waals surface area contributed by atoms with Crippen LogP contribution in [-0.4, -0.2) is 0 Å². The van der Waals surface area contributed by atoms with Crippen molar-refractivity contribution < 1.29 is 22.0 Å². The maximum atomic E-state index is 12.6. The van der Waals surface area contributed by atoms with E-state index >= 15 is 0 Å². The summed E-state index contributed by atoms with van der Waals surface area (Å²) in [7, 11) is 0. The summed E-state index contributed by atoms with van der Waals surface area (Å²) in [5, 5.41) is 0. The molecule has 0 aliphatic carbocycles. The van der Waals surface area contributed by atoms with Crippen molar-refractivity contribution >= 4 is 12.6 Å². The first-order valence-electron chi connectivity index (χ1n) is 3.07. The molecule has 0 heterocycles. The Balaban J connectivity index is 3.29. The molecule has 0 radical (unpaired) electrons. The van der Waals surface area contributed by atoms with Gasteiger partial charge in [0.1, 0.15) is 11.6 Å². The largest absolute Gasteiger partial charge is 0.416 e. The van der Waals surface area contributed by atoms with E-state index in [4.69, 9.17) is 0 Å². The first kappa shape index (κ1) is 10.3. The number of halogens is 5. The highest BCUT2D eigenvalue weighted by atomic mass is 32.1. The van der Waals surface area contributed by atoms with Crippen LogP contribution < -0.4 is 0 Å². The summed E-state index contributed by atoms with van der Waals surface area (Å²) >= 11 is 3.34. The highest BCUT2D eigenvalue weighted by Crippen LogP contribution is 2.32. The topological polar surface area (TPSA) is 0 Å². The van der Waals surface area contributed by atoms with Crippen LogP contribution >= 0.6 is 12.6 Å². The molecule has 6 heteroatoms. The number of rotatable bonds is 0. The lowest BCUT2D eigenvalue weighted by Gasteiger charge is -2.07. The van der Waals surface area contributed by atoms with Crippen molar-refractivity contribution in [1.82, 2.24) is 0 Å². The third-order valence-electron chi connectivity index (χ3n) is 1.34. The zero-order chi connectivity index (χ0) is 10.2. The van der Waals surface area contributed by atoms with Crippen LogP contribution in [0.4, 0.5) is 22.0 Å².